The van der Waals surface area contributed by atoms with E-state index in [1.165, 1.54) is 24.8 Å². The van der Waals surface area contributed by atoms with E-state index in [-0.39, 0.29) is 0 Å². The van der Waals surface area contributed by atoms with Gasteiger partial charge in [-0.3, -0.25) is 0 Å². The summed E-state index contributed by atoms with van der Waals surface area (Å²) in [6.45, 7) is 10.9. The highest BCUT2D eigenvalue weighted by Gasteiger charge is 2.50. The molecule has 1 aliphatic heterocycles. The normalized spacial score (nSPS) is 25.1. The number of aromatic nitrogens is 2. The molecule has 3 aromatic rings. The Hall–Kier alpha value is -1.85. The SMILES string of the molecule is CCOc1ccc(-c2csc3nc(Cl)nc(N4CC5(C)CC4CC(C)(C)C5)c23)cc1. The molecule has 158 valence electrons. The summed E-state index contributed by atoms with van der Waals surface area (Å²) in [7, 11) is 0. The van der Waals surface area contributed by atoms with Crippen LogP contribution in [-0.2, 0) is 0 Å². The third-order valence-electron chi connectivity index (χ3n) is 6.55. The van der Waals surface area contributed by atoms with Gasteiger partial charge in [-0.05, 0) is 66.3 Å². The Kier molecular flexibility index (Phi) is 4.75. The summed E-state index contributed by atoms with van der Waals surface area (Å²) in [5.74, 6) is 1.89. The molecule has 5 rings (SSSR count). The predicted molar refractivity (Wildman–Crippen MR) is 126 cm³/mol. The molecule has 1 saturated carbocycles. The fourth-order valence-electron chi connectivity index (χ4n) is 5.92. The van der Waals surface area contributed by atoms with Crippen LogP contribution < -0.4 is 9.64 Å². The van der Waals surface area contributed by atoms with Crippen LogP contribution in [0.2, 0.25) is 5.28 Å². The summed E-state index contributed by atoms with van der Waals surface area (Å²) >= 11 is 8.03. The van der Waals surface area contributed by atoms with Crippen molar-refractivity contribution in [1.29, 1.82) is 0 Å². The standard InChI is InChI=1S/C24H28ClN3OS/c1-5-29-17-8-6-15(7-9-17)18-12-30-21-19(18)20(26-22(25)27-21)28-14-24(4)11-16(28)10-23(2,3)13-24/h6-9,12,16H,5,10-11,13-14H2,1-4H3. The predicted octanol–water partition coefficient (Wildman–Crippen LogP) is 6.82. The van der Waals surface area contributed by atoms with E-state index in [9.17, 15) is 0 Å². The number of anilines is 1. The summed E-state index contributed by atoms with van der Waals surface area (Å²) in [5.41, 5.74) is 3.02. The lowest BCUT2D eigenvalue weighted by Gasteiger charge is -2.39. The highest BCUT2D eigenvalue weighted by Crippen LogP contribution is 2.54. The van der Waals surface area contributed by atoms with Gasteiger partial charge < -0.3 is 9.64 Å². The number of fused-ring (bicyclic) bond motifs is 3. The first-order chi connectivity index (χ1) is 14.3. The van der Waals surface area contributed by atoms with Gasteiger partial charge in [0.1, 0.15) is 16.4 Å². The highest BCUT2D eigenvalue weighted by atomic mass is 35.5. The van der Waals surface area contributed by atoms with Crippen molar-refractivity contribution in [3.63, 3.8) is 0 Å². The van der Waals surface area contributed by atoms with Crippen molar-refractivity contribution < 1.29 is 4.74 Å². The molecular weight excluding hydrogens is 414 g/mol. The van der Waals surface area contributed by atoms with Gasteiger partial charge in [-0.1, -0.05) is 32.9 Å². The van der Waals surface area contributed by atoms with Crippen LogP contribution in [0.3, 0.4) is 0 Å². The lowest BCUT2D eigenvalue weighted by atomic mass is 9.65. The number of rotatable bonds is 4. The second-order valence-corrected chi connectivity index (χ2v) is 11.1. The first-order valence-corrected chi connectivity index (χ1v) is 12.0. The number of thiophene rings is 1. The summed E-state index contributed by atoms with van der Waals surface area (Å²) in [6.07, 6.45) is 3.67. The maximum Gasteiger partial charge on any atom is 0.225 e. The molecule has 2 aliphatic rings. The fraction of sp³-hybridized carbons (Fsp3) is 0.500. The first-order valence-electron chi connectivity index (χ1n) is 10.7. The third-order valence-corrected chi connectivity index (χ3v) is 7.59. The van der Waals surface area contributed by atoms with E-state index in [0.717, 1.165) is 33.9 Å². The summed E-state index contributed by atoms with van der Waals surface area (Å²) in [5, 5.41) is 3.65. The van der Waals surface area contributed by atoms with Gasteiger partial charge in [-0.15, -0.1) is 11.3 Å². The van der Waals surface area contributed by atoms with Crippen LogP contribution in [0.15, 0.2) is 29.6 Å². The Balaban J connectivity index is 1.62. The molecule has 6 heteroatoms. The number of ether oxygens (including phenoxy) is 1. The summed E-state index contributed by atoms with van der Waals surface area (Å²) < 4.78 is 5.62. The first kappa shape index (κ1) is 20.1. The van der Waals surface area contributed by atoms with Gasteiger partial charge in [0.15, 0.2) is 0 Å². The Morgan fingerprint density at radius 1 is 1.17 bits per heavy atom. The van der Waals surface area contributed by atoms with E-state index in [2.05, 4.69) is 48.2 Å². The summed E-state index contributed by atoms with van der Waals surface area (Å²) in [4.78, 5) is 12.8. The van der Waals surface area contributed by atoms with Crippen LogP contribution in [0.5, 0.6) is 5.75 Å². The lowest BCUT2D eigenvalue weighted by molar-refractivity contribution is 0.136. The molecule has 1 aromatic carbocycles. The average Bonchev–Trinajstić information content (AvgIpc) is 3.19. The molecule has 4 nitrogen and oxygen atoms in total. The van der Waals surface area contributed by atoms with Gasteiger partial charge in [0.2, 0.25) is 5.28 Å². The second-order valence-electron chi connectivity index (χ2n) is 9.94. The van der Waals surface area contributed by atoms with E-state index in [0.29, 0.717) is 28.8 Å². The van der Waals surface area contributed by atoms with E-state index < -0.39 is 0 Å². The van der Waals surface area contributed by atoms with Gasteiger partial charge >= 0.3 is 0 Å². The third kappa shape index (κ3) is 3.46. The molecule has 0 radical (unpaired) electrons. The molecule has 2 atom stereocenters. The Morgan fingerprint density at radius 2 is 1.93 bits per heavy atom. The number of hydrogen-bond donors (Lipinski definition) is 0. The van der Waals surface area contributed by atoms with Gasteiger partial charge in [0.05, 0.1) is 12.0 Å². The number of nitrogens with zero attached hydrogens (tertiary/aromatic N) is 3. The minimum absolute atomic E-state index is 0.325. The van der Waals surface area contributed by atoms with E-state index in [1.807, 2.05) is 19.1 Å². The largest absolute Gasteiger partial charge is 0.494 e. The van der Waals surface area contributed by atoms with Gasteiger partial charge in [0, 0.05) is 23.5 Å². The molecule has 3 heterocycles. The molecule has 30 heavy (non-hydrogen) atoms. The maximum absolute atomic E-state index is 6.39. The van der Waals surface area contributed by atoms with Crippen molar-refractivity contribution in [1.82, 2.24) is 9.97 Å². The molecule has 2 aromatic heterocycles. The van der Waals surface area contributed by atoms with Gasteiger partial charge in [-0.25, -0.2) is 4.98 Å². The molecule has 2 unspecified atom stereocenters. The van der Waals surface area contributed by atoms with Gasteiger partial charge in [-0.2, -0.15) is 4.98 Å². The molecule has 2 fully saturated rings. The van der Waals surface area contributed by atoms with E-state index in [1.54, 1.807) is 11.3 Å². The monoisotopic (exact) mass is 441 g/mol. The molecule has 1 aliphatic carbocycles. The van der Waals surface area contributed by atoms with Crippen molar-refractivity contribution in [3.8, 4) is 16.9 Å². The summed E-state index contributed by atoms with van der Waals surface area (Å²) in [6, 6.07) is 8.81. The topological polar surface area (TPSA) is 38.3 Å². The van der Waals surface area contributed by atoms with Crippen molar-refractivity contribution >= 4 is 39.0 Å². The second kappa shape index (κ2) is 7.10. The quantitative estimate of drug-likeness (QED) is 0.416. The molecule has 2 bridgehead atoms. The molecular formula is C24H28ClN3OS. The van der Waals surface area contributed by atoms with Crippen molar-refractivity contribution in [2.24, 2.45) is 10.8 Å². The van der Waals surface area contributed by atoms with Crippen LogP contribution in [0.1, 0.15) is 47.0 Å². The lowest BCUT2D eigenvalue weighted by Crippen LogP contribution is -2.35. The van der Waals surface area contributed by atoms with Crippen LogP contribution in [0, 0.1) is 10.8 Å². The fourth-order valence-corrected chi connectivity index (χ4v) is 7.08. The van der Waals surface area contributed by atoms with Crippen LogP contribution >= 0.6 is 22.9 Å². The Bertz CT molecular complexity index is 1090. The van der Waals surface area contributed by atoms with Crippen molar-refractivity contribution in [3.05, 3.63) is 34.9 Å². The van der Waals surface area contributed by atoms with Crippen LogP contribution in [-0.4, -0.2) is 29.2 Å². The zero-order chi connectivity index (χ0) is 21.1. The van der Waals surface area contributed by atoms with Gasteiger partial charge in [0.25, 0.3) is 0 Å². The highest BCUT2D eigenvalue weighted by molar-refractivity contribution is 7.17. The minimum Gasteiger partial charge on any atom is -0.494 e. The van der Waals surface area contributed by atoms with Crippen molar-refractivity contribution in [2.45, 2.75) is 53.0 Å². The number of benzene rings is 1. The number of halogens is 1. The van der Waals surface area contributed by atoms with Crippen LogP contribution in [0.25, 0.3) is 21.3 Å². The Labute approximate surface area is 187 Å². The maximum atomic E-state index is 6.39. The minimum atomic E-state index is 0.325. The molecule has 0 spiro atoms. The van der Waals surface area contributed by atoms with E-state index in [4.69, 9.17) is 21.3 Å². The molecule has 1 saturated heterocycles. The average molecular weight is 442 g/mol. The Morgan fingerprint density at radius 3 is 2.67 bits per heavy atom. The smallest absolute Gasteiger partial charge is 0.225 e. The van der Waals surface area contributed by atoms with E-state index >= 15 is 0 Å². The zero-order valence-corrected chi connectivity index (χ0v) is 19.6. The van der Waals surface area contributed by atoms with Crippen molar-refractivity contribution in [2.75, 3.05) is 18.1 Å². The number of hydrogen-bond acceptors (Lipinski definition) is 5. The van der Waals surface area contributed by atoms with Crippen LogP contribution in [0.4, 0.5) is 5.82 Å². The molecule has 0 N–H and O–H groups in total. The molecule has 0 amide bonds. The zero-order valence-electron chi connectivity index (χ0n) is 18.0.